The van der Waals surface area contributed by atoms with Crippen LogP contribution in [0.2, 0.25) is 0 Å². The molecule has 0 spiro atoms. The molecule has 3 rings (SSSR count). The SMILES string of the molecule is CCOC(=O)C1=C(C)N(c2cccc(C(F)(F)F)c2)C(N)=C(C(=O)OCC)C1c1ccc(C#N)cn1. The number of pyridine rings is 1. The lowest BCUT2D eigenvalue weighted by Gasteiger charge is -2.37. The first kappa shape index (κ1) is 26.3. The Hall–Kier alpha value is -4.33. The second-order valence-corrected chi connectivity index (χ2v) is 7.64. The lowest BCUT2D eigenvalue weighted by molar-refractivity contribution is -0.140. The molecule has 0 amide bonds. The minimum absolute atomic E-state index is 0.000622. The Morgan fingerprint density at radius 1 is 1.11 bits per heavy atom. The van der Waals surface area contributed by atoms with Crippen LogP contribution >= 0.6 is 0 Å². The van der Waals surface area contributed by atoms with Crippen LogP contribution in [0, 0.1) is 11.3 Å². The van der Waals surface area contributed by atoms with Crippen molar-refractivity contribution in [1.29, 1.82) is 5.26 Å². The largest absolute Gasteiger partial charge is 0.463 e. The normalized spacial score (nSPS) is 16.0. The number of rotatable bonds is 6. The van der Waals surface area contributed by atoms with Crippen LogP contribution in [0.5, 0.6) is 0 Å². The summed E-state index contributed by atoms with van der Waals surface area (Å²) >= 11 is 0. The zero-order valence-electron chi connectivity index (χ0n) is 19.7. The first-order valence-electron chi connectivity index (χ1n) is 10.9. The van der Waals surface area contributed by atoms with Crippen molar-refractivity contribution in [2.24, 2.45) is 5.73 Å². The zero-order valence-corrected chi connectivity index (χ0v) is 19.7. The highest BCUT2D eigenvalue weighted by atomic mass is 19.4. The molecule has 1 unspecified atom stereocenters. The third-order valence-electron chi connectivity index (χ3n) is 5.45. The molecule has 2 aromatic rings. The van der Waals surface area contributed by atoms with Crippen LogP contribution in [0.25, 0.3) is 0 Å². The average Bonchev–Trinajstić information content (AvgIpc) is 2.83. The van der Waals surface area contributed by atoms with Crippen molar-refractivity contribution in [2.45, 2.75) is 32.9 Å². The van der Waals surface area contributed by atoms with Crippen LogP contribution in [0.15, 0.2) is 65.3 Å². The van der Waals surface area contributed by atoms with Crippen LogP contribution in [-0.2, 0) is 25.2 Å². The Balaban J connectivity index is 2.34. The van der Waals surface area contributed by atoms with Gasteiger partial charge < -0.3 is 20.1 Å². The molecule has 0 aliphatic carbocycles. The smallest absolute Gasteiger partial charge is 0.416 e. The number of nitrogens with two attached hydrogens (primary N) is 1. The van der Waals surface area contributed by atoms with Gasteiger partial charge in [0.25, 0.3) is 0 Å². The van der Waals surface area contributed by atoms with E-state index in [-0.39, 0.29) is 52.8 Å². The average molecular weight is 500 g/mol. The topological polar surface area (TPSA) is 119 Å². The lowest BCUT2D eigenvalue weighted by Crippen LogP contribution is -2.39. The van der Waals surface area contributed by atoms with Crippen LogP contribution < -0.4 is 10.6 Å². The lowest BCUT2D eigenvalue weighted by atomic mass is 9.82. The molecule has 11 heteroatoms. The van der Waals surface area contributed by atoms with E-state index in [9.17, 15) is 22.8 Å². The highest BCUT2D eigenvalue weighted by Gasteiger charge is 2.43. The quantitative estimate of drug-likeness (QED) is 0.588. The molecule has 0 fully saturated rings. The molecule has 8 nitrogen and oxygen atoms in total. The van der Waals surface area contributed by atoms with Gasteiger partial charge in [-0.2, -0.15) is 18.4 Å². The number of carbonyl (C=O) groups is 2. The number of nitrogens with zero attached hydrogens (tertiary/aromatic N) is 3. The minimum atomic E-state index is -4.63. The van der Waals surface area contributed by atoms with Gasteiger partial charge in [-0.1, -0.05) is 6.07 Å². The van der Waals surface area contributed by atoms with Crippen molar-refractivity contribution >= 4 is 17.6 Å². The third kappa shape index (κ3) is 5.02. The number of hydrogen-bond acceptors (Lipinski definition) is 8. The summed E-state index contributed by atoms with van der Waals surface area (Å²) in [5.41, 5.74) is 5.80. The molecule has 0 bridgehead atoms. The van der Waals surface area contributed by atoms with Crippen LogP contribution in [0.3, 0.4) is 0 Å². The van der Waals surface area contributed by atoms with Crippen molar-refractivity contribution in [3.8, 4) is 6.07 Å². The van der Waals surface area contributed by atoms with E-state index in [0.717, 1.165) is 12.1 Å². The Kier molecular flexibility index (Phi) is 7.68. The Labute approximate surface area is 205 Å². The monoisotopic (exact) mass is 500 g/mol. The summed E-state index contributed by atoms with van der Waals surface area (Å²) in [4.78, 5) is 31.7. The summed E-state index contributed by atoms with van der Waals surface area (Å²) in [6.07, 6.45) is -3.36. The summed E-state index contributed by atoms with van der Waals surface area (Å²) < 4.78 is 50.7. The second-order valence-electron chi connectivity index (χ2n) is 7.64. The molecule has 1 aromatic heterocycles. The van der Waals surface area contributed by atoms with E-state index >= 15 is 0 Å². The van der Waals surface area contributed by atoms with E-state index in [0.29, 0.717) is 0 Å². The summed E-state index contributed by atoms with van der Waals surface area (Å²) in [5.74, 6) is -3.07. The molecule has 2 heterocycles. The van der Waals surface area contributed by atoms with Crippen molar-refractivity contribution < 1.29 is 32.2 Å². The first-order chi connectivity index (χ1) is 17.0. The van der Waals surface area contributed by atoms with E-state index in [2.05, 4.69) is 4.98 Å². The van der Waals surface area contributed by atoms with E-state index in [1.165, 1.54) is 42.3 Å². The number of benzene rings is 1. The fourth-order valence-electron chi connectivity index (χ4n) is 3.92. The Bertz CT molecular complexity index is 1240. The van der Waals surface area contributed by atoms with E-state index in [1.807, 2.05) is 6.07 Å². The zero-order chi connectivity index (χ0) is 26.6. The summed E-state index contributed by atoms with van der Waals surface area (Å²) in [6.45, 7) is 4.62. The molecule has 0 saturated carbocycles. The number of carbonyl (C=O) groups excluding carboxylic acids is 2. The van der Waals surface area contributed by atoms with Gasteiger partial charge in [-0.25, -0.2) is 9.59 Å². The number of anilines is 1. The molecule has 1 atom stereocenters. The highest BCUT2D eigenvalue weighted by Crippen LogP contribution is 2.43. The highest BCUT2D eigenvalue weighted by molar-refractivity contribution is 6.01. The number of halogens is 3. The summed E-state index contributed by atoms with van der Waals surface area (Å²) in [5, 5.41) is 9.12. The minimum Gasteiger partial charge on any atom is -0.463 e. The van der Waals surface area contributed by atoms with Crippen LogP contribution in [-0.4, -0.2) is 30.1 Å². The standard InChI is InChI=1S/C25H23F3N4O4/c1-4-35-23(33)19-14(3)32(17-8-6-7-16(11-17)25(26,27)28)22(30)21(24(34)36-5-2)20(19)18-10-9-15(12-29)13-31-18/h6-11,13,20H,4-5,30H2,1-3H3. The molecular weight excluding hydrogens is 477 g/mol. The predicted molar refractivity (Wildman–Crippen MR) is 123 cm³/mol. The molecule has 0 radical (unpaired) electrons. The van der Waals surface area contributed by atoms with Crippen molar-refractivity contribution in [2.75, 3.05) is 18.1 Å². The number of esters is 2. The third-order valence-corrected chi connectivity index (χ3v) is 5.45. The molecular formula is C25H23F3N4O4. The van der Waals surface area contributed by atoms with Crippen molar-refractivity contribution in [3.05, 3.63) is 82.1 Å². The molecule has 188 valence electrons. The van der Waals surface area contributed by atoms with E-state index < -0.39 is 29.6 Å². The molecule has 36 heavy (non-hydrogen) atoms. The number of ether oxygens (including phenoxy) is 2. The molecule has 2 N–H and O–H groups in total. The van der Waals surface area contributed by atoms with Gasteiger partial charge in [-0.05, 0) is 51.1 Å². The second kappa shape index (κ2) is 10.5. The van der Waals surface area contributed by atoms with Gasteiger partial charge in [0.1, 0.15) is 11.9 Å². The summed E-state index contributed by atoms with van der Waals surface area (Å²) in [6, 6.07) is 9.18. The van der Waals surface area contributed by atoms with Crippen molar-refractivity contribution in [1.82, 2.24) is 4.98 Å². The van der Waals surface area contributed by atoms with Gasteiger partial charge in [-0.15, -0.1) is 0 Å². The molecule has 1 aromatic carbocycles. The van der Waals surface area contributed by atoms with E-state index in [1.54, 1.807) is 13.8 Å². The molecule has 1 aliphatic rings. The van der Waals surface area contributed by atoms with Gasteiger partial charge in [-0.3, -0.25) is 4.98 Å². The summed E-state index contributed by atoms with van der Waals surface area (Å²) in [7, 11) is 0. The fourth-order valence-corrected chi connectivity index (χ4v) is 3.92. The van der Waals surface area contributed by atoms with Gasteiger partial charge in [0.05, 0.1) is 47.1 Å². The Morgan fingerprint density at radius 3 is 2.28 bits per heavy atom. The van der Waals surface area contributed by atoms with Gasteiger partial charge >= 0.3 is 18.1 Å². The van der Waals surface area contributed by atoms with Crippen LogP contribution in [0.1, 0.15) is 43.5 Å². The number of allylic oxidation sites excluding steroid dienone is 1. The number of hydrogen-bond donors (Lipinski definition) is 1. The van der Waals surface area contributed by atoms with E-state index in [4.69, 9.17) is 20.5 Å². The van der Waals surface area contributed by atoms with Crippen LogP contribution in [0.4, 0.5) is 18.9 Å². The predicted octanol–water partition coefficient (Wildman–Crippen LogP) is 4.15. The maximum Gasteiger partial charge on any atom is 0.416 e. The van der Waals surface area contributed by atoms with Crippen molar-refractivity contribution in [3.63, 3.8) is 0 Å². The number of aromatic nitrogens is 1. The van der Waals surface area contributed by atoms with Gasteiger partial charge in [0.15, 0.2) is 0 Å². The number of nitriles is 1. The maximum atomic E-state index is 13.4. The molecule has 1 aliphatic heterocycles. The Morgan fingerprint density at radius 2 is 1.75 bits per heavy atom. The van der Waals surface area contributed by atoms with Gasteiger partial charge in [0, 0.05) is 17.6 Å². The maximum absolute atomic E-state index is 13.4. The molecule has 0 saturated heterocycles. The number of alkyl halides is 3. The fraction of sp³-hybridized carbons (Fsp3) is 0.280. The first-order valence-corrected chi connectivity index (χ1v) is 10.9. The van der Waals surface area contributed by atoms with Gasteiger partial charge in [0.2, 0.25) is 0 Å².